The molecular formula is C51H62Cl2N4O18. The van der Waals surface area contributed by atoms with Gasteiger partial charge in [0.15, 0.2) is 35.2 Å². The lowest BCUT2D eigenvalue weighted by atomic mass is 9.89. The van der Waals surface area contributed by atoms with Crippen LogP contribution < -0.4 is 16.2 Å². The van der Waals surface area contributed by atoms with Crippen molar-refractivity contribution in [2.45, 2.75) is 102 Å². The summed E-state index contributed by atoms with van der Waals surface area (Å²) in [5, 5.41) is 30.2. The van der Waals surface area contributed by atoms with Crippen molar-refractivity contribution in [2.75, 3.05) is 47.3 Å². The van der Waals surface area contributed by atoms with E-state index in [9.17, 15) is 29.8 Å². The Hall–Kier alpha value is -5.60. The molecule has 4 heterocycles. The molecule has 0 aliphatic carbocycles. The van der Waals surface area contributed by atoms with Crippen molar-refractivity contribution in [3.63, 3.8) is 0 Å². The van der Waals surface area contributed by atoms with E-state index in [1.165, 1.54) is 6.07 Å². The highest BCUT2D eigenvalue weighted by atomic mass is 35.5. The smallest absolute Gasteiger partial charge is 0.292 e. The van der Waals surface area contributed by atoms with E-state index in [1.807, 2.05) is 67.6 Å². The third-order valence-electron chi connectivity index (χ3n) is 12.6. The van der Waals surface area contributed by atoms with Gasteiger partial charge in [-0.05, 0) is 18.6 Å². The first-order valence-electron chi connectivity index (χ1n) is 24.1. The number of benzene rings is 4. The van der Waals surface area contributed by atoms with Crippen molar-refractivity contribution >= 4 is 46.4 Å². The normalized spacial score (nSPS) is 26.9. The number of nitro benzene ring substituents is 2. The topological polar surface area (TPSA) is 294 Å². The average Bonchev–Trinajstić information content (AvgIpc) is 3.41. The Bertz CT molecular complexity index is 2530. The highest BCUT2D eigenvalue weighted by Crippen LogP contribution is 2.41. The average molecular weight is 1090 g/mol. The first-order chi connectivity index (χ1) is 36.0. The van der Waals surface area contributed by atoms with Crippen molar-refractivity contribution in [1.29, 1.82) is 0 Å². The Labute approximate surface area is 442 Å². The van der Waals surface area contributed by atoms with Gasteiger partial charge in [-0.3, -0.25) is 29.8 Å². The van der Waals surface area contributed by atoms with Crippen LogP contribution in [0.15, 0.2) is 84.9 Å². The van der Waals surface area contributed by atoms with Crippen LogP contribution in [-0.2, 0) is 47.4 Å². The number of carbonyl (C=O) groups excluding carboxylic acids is 2. The quantitative estimate of drug-likeness (QED) is 0.0483. The molecule has 12 atom stereocenters. The minimum absolute atomic E-state index is 0.000737. The molecule has 0 saturated carbocycles. The van der Waals surface area contributed by atoms with Crippen LogP contribution in [0, 0.1) is 32.1 Å². The molecule has 4 aromatic rings. The number of hydrogen-bond acceptors (Lipinski definition) is 18. The highest BCUT2D eigenvalue weighted by molar-refractivity contribution is 6.34. The van der Waals surface area contributed by atoms with E-state index < -0.39 is 62.5 Å². The fraction of sp³-hybridized carbons (Fsp3) is 0.490. The molecule has 4 aliphatic rings. The van der Waals surface area contributed by atoms with Gasteiger partial charge in [-0.25, -0.2) is 0 Å². The maximum Gasteiger partial charge on any atom is 0.292 e. The lowest BCUT2D eigenvalue weighted by Gasteiger charge is -2.48. The zero-order valence-corrected chi connectivity index (χ0v) is 43.4. The lowest BCUT2D eigenvalue weighted by Crippen LogP contribution is -2.59. The molecule has 2 amide bonds. The molecule has 22 nitrogen and oxygen atoms in total. The maximum absolute atomic E-state index is 11.5. The van der Waals surface area contributed by atoms with Crippen molar-refractivity contribution in [1.82, 2.24) is 0 Å². The molecule has 75 heavy (non-hydrogen) atoms. The second kappa shape index (κ2) is 28.0. The summed E-state index contributed by atoms with van der Waals surface area (Å²) in [4.78, 5) is 42.3. The summed E-state index contributed by atoms with van der Waals surface area (Å²) in [5.41, 5.74) is 10.9. The van der Waals surface area contributed by atoms with Crippen LogP contribution in [0.2, 0.25) is 10.0 Å². The van der Waals surface area contributed by atoms with E-state index in [0.29, 0.717) is 26.2 Å². The zero-order chi connectivity index (χ0) is 54.3. The second-order valence-electron chi connectivity index (χ2n) is 17.7. The van der Waals surface area contributed by atoms with Crippen molar-refractivity contribution in [2.24, 2.45) is 23.3 Å². The van der Waals surface area contributed by atoms with Gasteiger partial charge in [0.1, 0.15) is 35.9 Å². The number of methoxy groups -OCH3 is 2. The molecule has 4 aromatic carbocycles. The Balaban J connectivity index is 0.000000205. The van der Waals surface area contributed by atoms with Gasteiger partial charge in [-0.1, -0.05) is 111 Å². The predicted molar refractivity (Wildman–Crippen MR) is 269 cm³/mol. The van der Waals surface area contributed by atoms with Gasteiger partial charge in [-0.15, -0.1) is 0 Å². The van der Waals surface area contributed by atoms with Crippen molar-refractivity contribution < 1.29 is 76.6 Å². The number of primary amides is 2. The summed E-state index contributed by atoms with van der Waals surface area (Å²) < 4.78 is 65.2. The summed E-state index contributed by atoms with van der Waals surface area (Å²) in [6.45, 7) is 8.31. The fourth-order valence-electron chi connectivity index (χ4n) is 8.69. The van der Waals surface area contributed by atoms with Crippen LogP contribution in [0.4, 0.5) is 11.4 Å². The number of fused-ring (bicyclic) bond motifs is 2. The number of phenolic OH excluding ortho intramolecular Hbond substituents is 1. The number of nitrogens with zero attached hydrogens (tertiary/aromatic N) is 2. The summed E-state index contributed by atoms with van der Waals surface area (Å²) in [7, 11) is 3.21. The number of halogens is 2. The molecule has 0 radical (unpaired) electrons. The summed E-state index contributed by atoms with van der Waals surface area (Å²) in [6.07, 6.45) is -0.563. The molecule has 4 saturated heterocycles. The third-order valence-corrected chi connectivity index (χ3v) is 13.4. The molecule has 0 spiro atoms. The van der Waals surface area contributed by atoms with Crippen LogP contribution in [0.5, 0.6) is 11.5 Å². The molecule has 4 fully saturated rings. The van der Waals surface area contributed by atoms with Gasteiger partial charge < -0.3 is 68.7 Å². The van der Waals surface area contributed by atoms with E-state index in [1.54, 1.807) is 14.2 Å². The molecule has 5 N–H and O–H groups in total. The first kappa shape index (κ1) is 58.7. The molecule has 2 unspecified atom stereocenters. The van der Waals surface area contributed by atoms with E-state index >= 15 is 0 Å². The number of hydrogen-bond donors (Lipinski definition) is 3. The zero-order valence-electron chi connectivity index (χ0n) is 41.9. The van der Waals surface area contributed by atoms with Gasteiger partial charge in [0.25, 0.3) is 11.4 Å². The van der Waals surface area contributed by atoms with Crippen LogP contribution in [0.1, 0.15) is 84.5 Å². The number of amides is 2. The van der Waals surface area contributed by atoms with Crippen LogP contribution in [0.3, 0.4) is 0 Å². The Morgan fingerprint density at radius 2 is 1.11 bits per heavy atom. The largest absolute Gasteiger partial charge is 0.506 e. The number of unbranched alkanes of at least 4 members (excludes halogenated alkanes) is 1. The number of nitro groups is 2. The Kier molecular flexibility index (Phi) is 21.9. The molecule has 8 rings (SSSR count). The number of nitrogens with two attached hydrogens (primary N) is 2. The minimum Gasteiger partial charge on any atom is -0.506 e. The van der Waals surface area contributed by atoms with Crippen LogP contribution in [0.25, 0.3) is 0 Å². The third kappa shape index (κ3) is 15.1. The first-order valence-corrected chi connectivity index (χ1v) is 24.8. The number of ether oxygens (including phenoxy) is 11. The predicted octanol–water partition coefficient (Wildman–Crippen LogP) is 7.97. The van der Waals surface area contributed by atoms with Gasteiger partial charge >= 0.3 is 0 Å². The molecule has 408 valence electrons. The summed E-state index contributed by atoms with van der Waals surface area (Å²) >= 11 is 11.5. The molecule has 0 aromatic heterocycles. The van der Waals surface area contributed by atoms with E-state index in [0.717, 1.165) is 42.2 Å². The minimum atomic E-state index is -0.875. The number of carbonyl (C=O) groups is 2. The van der Waals surface area contributed by atoms with Crippen LogP contribution >= 0.6 is 23.2 Å². The highest BCUT2D eigenvalue weighted by Gasteiger charge is 2.50. The second-order valence-corrected chi connectivity index (χ2v) is 18.5. The SMILES string of the molecule is CCCCO[C@H]1[C@@H](OC)O[C@@H]2COC(c3ccccc3)O[C@H]2[C@@H]1C.CO[C@H]1O[C@@H]2COC(c3ccccc3)O[C@H]2[C@H](C)[C@H]1OCCCOc1cc(C(N)=O)cc([N+](=O)[O-])c1Cl.NC(=O)c1cc(O)c(Cl)c([N+](=O)[O-])c1. The maximum atomic E-state index is 11.5. The van der Waals surface area contributed by atoms with Crippen LogP contribution in [-0.4, -0.2) is 123 Å². The summed E-state index contributed by atoms with van der Waals surface area (Å²) in [5.74, 6) is -2.15. The number of phenols is 1. The monoisotopic (exact) mass is 1090 g/mol. The Morgan fingerprint density at radius 3 is 1.53 bits per heavy atom. The summed E-state index contributed by atoms with van der Waals surface area (Å²) in [6, 6.07) is 23.9. The van der Waals surface area contributed by atoms with Gasteiger partial charge in [0.2, 0.25) is 11.8 Å². The van der Waals surface area contributed by atoms with Crippen molar-refractivity contribution in [3.8, 4) is 11.5 Å². The van der Waals surface area contributed by atoms with E-state index in [-0.39, 0.29) is 90.0 Å². The number of aromatic hydroxyl groups is 1. The van der Waals surface area contributed by atoms with Gasteiger partial charge in [0.05, 0.1) is 48.5 Å². The molecule has 24 heteroatoms. The molecular weight excluding hydrogens is 1030 g/mol. The fourth-order valence-corrected chi connectivity index (χ4v) is 9.10. The van der Waals surface area contributed by atoms with E-state index in [4.69, 9.17) is 91.9 Å². The molecule has 0 bridgehead atoms. The van der Waals surface area contributed by atoms with Gasteiger partial charge in [0, 0.05) is 73.5 Å². The number of rotatable bonds is 18. The van der Waals surface area contributed by atoms with Crippen molar-refractivity contribution in [3.05, 3.63) is 137 Å². The van der Waals surface area contributed by atoms with Gasteiger partial charge in [-0.2, -0.15) is 0 Å². The molecule has 4 aliphatic heterocycles. The Morgan fingerprint density at radius 1 is 0.667 bits per heavy atom. The van der Waals surface area contributed by atoms with E-state index in [2.05, 4.69) is 13.8 Å². The standard InChI is InChI=1S/C25H29ClN2O9.C19H28O5.C7H5ClN2O4/c1-14-21-19(13-35-24(37-21)15-7-4-3-5-8-15)36-25(32-2)22(14)34-10-6-9-33-18-12-16(23(27)29)11-17(20(18)26)28(30)31;1-4-5-11-21-17-13(2)16-15(23-19(17)20-3)12-22-18(24-16)14-9-7-6-8-10-14;8-6-4(10(13)14)1-3(7(9)12)2-5(6)11/h3-5,7-8,11-12,14,19,21-22,24-25H,6,9-10,13H2,1-2H3,(H2,27,29);6-10,13,15-19H,4-5,11-12H2,1-3H3;1-2,11H,(H2,9,12)/t14-,19+,21-,22+,24?,25-;13-,15+,16-,17+,18?,19-;/m00./s1. The lowest BCUT2D eigenvalue weighted by molar-refractivity contribution is -0.384.